The monoisotopic (exact) mass is 430 g/mol. The Hall–Kier alpha value is -2.87. The Bertz CT molecular complexity index is 1050. The quantitative estimate of drug-likeness (QED) is 0.643. The molecular weight excluding hydrogens is 404 g/mol. The first-order chi connectivity index (χ1) is 14.2. The van der Waals surface area contributed by atoms with Crippen LogP contribution in [0, 0.1) is 25.7 Å². The smallest absolute Gasteiger partial charge is 0.307 e. The Kier molecular flexibility index (Phi) is 6.45. The van der Waals surface area contributed by atoms with Gasteiger partial charge in [0.05, 0.1) is 22.4 Å². The minimum atomic E-state index is -3.77. The van der Waals surface area contributed by atoms with Crippen LogP contribution < -0.4 is 10.0 Å². The molecule has 8 heteroatoms. The molecule has 0 spiro atoms. The van der Waals surface area contributed by atoms with Crippen molar-refractivity contribution >= 4 is 33.3 Å². The highest BCUT2D eigenvalue weighted by Crippen LogP contribution is 2.31. The first-order valence-electron chi connectivity index (χ1n) is 9.91. The maximum atomic E-state index is 12.7. The van der Waals surface area contributed by atoms with Gasteiger partial charge in [0.2, 0.25) is 5.91 Å². The molecule has 0 saturated heterocycles. The van der Waals surface area contributed by atoms with E-state index in [0.717, 1.165) is 24.0 Å². The lowest BCUT2D eigenvalue weighted by atomic mass is 9.78. The molecule has 2 atom stereocenters. The van der Waals surface area contributed by atoms with Gasteiger partial charge in [0.25, 0.3) is 10.0 Å². The summed E-state index contributed by atoms with van der Waals surface area (Å²) in [4.78, 5) is 24.1. The van der Waals surface area contributed by atoms with E-state index in [1.165, 1.54) is 24.3 Å². The SMILES string of the molecule is Cc1ccc(NS(=O)(=O)c2ccc(NC(=O)[C@H]3CCCC[C@H]3C(=O)O)cc2)c(C)c1. The fourth-order valence-corrected chi connectivity index (χ4v) is 4.96. The fraction of sp³-hybridized carbons (Fsp3) is 0.364. The molecule has 3 N–H and O–H groups in total. The molecule has 2 aromatic carbocycles. The van der Waals surface area contributed by atoms with Crippen molar-refractivity contribution in [3.05, 3.63) is 53.6 Å². The zero-order chi connectivity index (χ0) is 21.9. The lowest BCUT2D eigenvalue weighted by molar-refractivity contribution is -0.147. The van der Waals surface area contributed by atoms with E-state index in [1.54, 1.807) is 6.07 Å². The summed E-state index contributed by atoms with van der Waals surface area (Å²) in [7, 11) is -3.77. The molecule has 1 fully saturated rings. The van der Waals surface area contributed by atoms with Crippen LogP contribution in [0.1, 0.15) is 36.8 Å². The molecule has 0 aliphatic heterocycles. The van der Waals surface area contributed by atoms with Crippen molar-refractivity contribution in [1.29, 1.82) is 0 Å². The highest BCUT2D eigenvalue weighted by molar-refractivity contribution is 7.92. The van der Waals surface area contributed by atoms with Gasteiger partial charge in [-0.15, -0.1) is 0 Å². The number of carboxylic acid groups (broad SMARTS) is 1. The van der Waals surface area contributed by atoms with Crippen LogP contribution in [0.5, 0.6) is 0 Å². The van der Waals surface area contributed by atoms with E-state index in [4.69, 9.17) is 0 Å². The summed E-state index contributed by atoms with van der Waals surface area (Å²) >= 11 is 0. The Morgan fingerprint density at radius 3 is 2.20 bits per heavy atom. The summed E-state index contributed by atoms with van der Waals surface area (Å²) in [6.45, 7) is 3.77. The summed E-state index contributed by atoms with van der Waals surface area (Å²) in [6, 6.07) is 11.3. The first kappa shape index (κ1) is 21.8. The van der Waals surface area contributed by atoms with Crippen LogP contribution in [0.2, 0.25) is 0 Å². The number of benzene rings is 2. The fourth-order valence-electron chi connectivity index (χ4n) is 3.82. The van der Waals surface area contributed by atoms with Gasteiger partial charge in [-0.3, -0.25) is 14.3 Å². The number of hydrogen-bond donors (Lipinski definition) is 3. The van der Waals surface area contributed by atoms with Crippen LogP contribution in [0.3, 0.4) is 0 Å². The third-order valence-electron chi connectivity index (χ3n) is 5.48. The van der Waals surface area contributed by atoms with Crippen LogP contribution in [0.4, 0.5) is 11.4 Å². The van der Waals surface area contributed by atoms with E-state index < -0.39 is 27.8 Å². The minimum absolute atomic E-state index is 0.0709. The molecule has 0 heterocycles. The van der Waals surface area contributed by atoms with Gasteiger partial charge in [-0.2, -0.15) is 0 Å². The highest BCUT2D eigenvalue weighted by atomic mass is 32.2. The summed E-state index contributed by atoms with van der Waals surface area (Å²) in [5.74, 6) is -2.55. The van der Waals surface area contributed by atoms with E-state index in [1.807, 2.05) is 26.0 Å². The van der Waals surface area contributed by atoms with Crippen molar-refractivity contribution in [2.45, 2.75) is 44.4 Å². The summed E-state index contributed by atoms with van der Waals surface area (Å²) in [5, 5.41) is 12.1. The van der Waals surface area contributed by atoms with Gasteiger partial charge in [0, 0.05) is 5.69 Å². The zero-order valence-corrected chi connectivity index (χ0v) is 17.8. The average Bonchev–Trinajstić information content (AvgIpc) is 2.70. The topological polar surface area (TPSA) is 113 Å². The Balaban J connectivity index is 1.71. The molecule has 0 aromatic heterocycles. The normalized spacial score (nSPS) is 19.1. The van der Waals surface area contributed by atoms with Gasteiger partial charge in [0.15, 0.2) is 0 Å². The molecule has 2 aromatic rings. The van der Waals surface area contributed by atoms with Crippen molar-refractivity contribution in [1.82, 2.24) is 0 Å². The van der Waals surface area contributed by atoms with Crippen LogP contribution >= 0.6 is 0 Å². The van der Waals surface area contributed by atoms with Crippen LogP contribution in [-0.4, -0.2) is 25.4 Å². The molecule has 1 aliphatic rings. The second kappa shape index (κ2) is 8.87. The number of rotatable bonds is 6. The predicted octanol–water partition coefficient (Wildman–Crippen LogP) is 3.93. The summed E-state index contributed by atoms with van der Waals surface area (Å²) < 4.78 is 27.9. The molecule has 1 amide bonds. The number of sulfonamides is 1. The van der Waals surface area contributed by atoms with Gasteiger partial charge in [-0.05, 0) is 62.6 Å². The molecule has 0 bridgehead atoms. The summed E-state index contributed by atoms with van der Waals surface area (Å²) in [5.41, 5.74) is 2.80. The summed E-state index contributed by atoms with van der Waals surface area (Å²) in [6.07, 6.45) is 2.66. The molecule has 3 rings (SSSR count). The van der Waals surface area contributed by atoms with Gasteiger partial charge >= 0.3 is 5.97 Å². The van der Waals surface area contributed by atoms with Crippen molar-refractivity contribution in [2.24, 2.45) is 11.8 Å². The molecule has 1 aliphatic carbocycles. The van der Waals surface area contributed by atoms with Crippen LogP contribution in [0.25, 0.3) is 0 Å². The highest BCUT2D eigenvalue weighted by Gasteiger charge is 2.35. The predicted molar refractivity (Wildman–Crippen MR) is 115 cm³/mol. The molecule has 7 nitrogen and oxygen atoms in total. The van der Waals surface area contributed by atoms with Crippen molar-refractivity contribution in [3.63, 3.8) is 0 Å². The van der Waals surface area contributed by atoms with E-state index >= 15 is 0 Å². The van der Waals surface area contributed by atoms with E-state index in [-0.39, 0.29) is 10.8 Å². The van der Waals surface area contributed by atoms with Crippen LogP contribution in [-0.2, 0) is 19.6 Å². The molecule has 160 valence electrons. The van der Waals surface area contributed by atoms with Crippen molar-refractivity contribution < 1.29 is 23.1 Å². The average molecular weight is 431 g/mol. The van der Waals surface area contributed by atoms with E-state index in [0.29, 0.717) is 24.2 Å². The Morgan fingerprint density at radius 1 is 0.967 bits per heavy atom. The lowest BCUT2D eigenvalue weighted by Gasteiger charge is -2.27. The molecule has 0 unspecified atom stereocenters. The largest absolute Gasteiger partial charge is 0.481 e. The number of anilines is 2. The van der Waals surface area contributed by atoms with Gasteiger partial charge < -0.3 is 10.4 Å². The molecular formula is C22H26N2O5S. The molecule has 0 radical (unpaired) electrons. The number of hydrogen-bond acceptors (Lipinski definition) is 4. The second-order valence-electron chi connectivity index (χ2n) is 7.77. The molecule has 30 heavy (non-hydrogen) atoms. The number of carboxylic acids is 1. The number of aliphatic carboxylic acids is 1. The van der Waals surface area contributed by atoms with E-state index in [2.05, 4.69) is 10.0 Å². The van der Waals surface area contributed by atoms with E-state index in [9.17, 15) is 23.1 Å². The third kappa shape index (κ3) is 4.99. The third-order valence-corrected chi connectivity index (χ3v) is 6.86. The molecule has 1 saturated carbocycles. The number of carbonyl (C=O) groups is 2. The van der Waals surface area contributed by atoms with Crippen LogP contribution in [0.15, 0.2) is 47.4 Å². The number of nitrogens with one attached hydrogen (secondary N) is 2. The number of amides is 1. The maximum absolute atomic E-state index is 12.7. The van der Waals surface area contributed by atoms with Gasteiger partial charge in [-0.1, -0.05) is 30.5 Å². The Labute approximate surface area is 176 Å². The minimum Gasteiger partial charge on any atom is -0.481 e. The maximum Gasteiger partial charge on any atom is 0.307 e. The number of carbonyl (C=O) groups excluding carboxylic acids is 1. The standard InChI is InChI=1S/C22H26N2O5S/c1-14-7-12-20(15(2)13-14)24-30(28,29)17-10-8-16(9-11-17)23-21(25)18-5-3-4-6-19(18)22(26)27/h7-13,18-19,24H,3-6H2,1-2H3,(H,23,25)(H,26,27)/t18-,19+/m0/s1. The van der Waals surface area contributed by atoms with Crippen molar-refractivity contribution in [3.8, 4) is 0 Å². The lowest BCUT2D eigenvalue weighted by Crippen LogP contribution is -2.36. The zero-order valence-electron chi connectivity index (χ0n) is 17.0. The second-order valence-corrected chi connectivity index (χ2v) is 9.46. The number of aryl methyl sites for hydroxylation is 2. The Morgan fingerprint density at radius 2 is 1.60 bits per heavy atom. The van der Waals surface area contributed by atoms with Gasteiger partial charge in [-0.25, -0.2) is 8.42 Å². The van der Waals surface area contributed by atoms with Gasteiger partial charge in [0.1, 0.15) is 0 Å². The van der Waals surface area contributed by atoms with Crippen molar-refractivity contribution in [2.75, 3.05) is 10.0 Å². The first-order valence-corrected chi connectivity index (χ1v) is 11.4.